The molecule has 3 aromatic heterocycles. The zero-order valence-electron chi connectivity index (χ0n) is 33.4. The molecule has 0 saturated carbocycles. The zero-order valence-corrected chi connectivity index (χ0v) is 33.4. The number of rotatable bonds is 6. The van der Waals surface area contributed by atoms with Crippen LogP contribution in [0.3, 0.4) is 0 Å². The van der Waals surface area contributed by atoms with Gasteiger partial charge in [-0.15, -0.1) is 0 Å². The van der Waals surface area contributed by atoms with Gasteiger partial charge in [-0.2, -0.15) is 0 Å². The van der Waals surface area contributed by atoms with E-state index < -0.39 is 0 Å². The Labute approximate surface area is 356 Å². The molecule has 0 spiro atoms. The Hall–Kier alpha value is -8.34. The molecular formula is C58H35NO3. The fraction of sp³-hybridized carbons (Fsp3) is 0. The lowest BCUT2D eigenvalue weighted by atomic mass is 9.98. The summed E-state index contributed by atoms with van der Waals surface area (Å²) in [4.78, 5) is 2.36. The number of para-hydroxylation sites is 4. The standard InChI is InChI=1S/C58H35NO3/c1-2-12-44-37(10-1)24-31-49-51-35-40(26-33-56(51)62-58(44)49)43-11-3-6-17-52(43)59(41-27-20-36(21-28-41)39-25-32-55-50(34-39)47-14-5-7-18-53(47)60-55)42-29-22-38(23-30-42)45-15-9-16-48-46-13-4-8-19-54(46)61-57(45)48/h1-35H. The summed E-state index contributed by atoms with van der Waals surface area (Å²) in [5.41, 5.74) is 15.2. The topological polar surface area (TPSA) is 42.7 Å². The number of fused-ring (bicyclic) bond motifs is 11. The second-order valence-corrected chi connectivity index (χ2v) is 16.0. The average Bonchev–Trinajstić information content (AvgIpc) is 4.03. The van der Waals surface area contributed by atoms with E-state index in [1.165, 1.54) is 5.39 Å². The van der Waals surface area contributed by atoms with Crippen molar-refractivity contribution in [2.45, 2.75) is 0 Å². The van der Waals surface area contributed by atoms with Gasteiger partial charge < -0.3 is 18.2 Å². The van der Waals surface area contributed by atoms with Crippen molar-refractivity contribution in [3.63, 3.8) is 0 Å². The predicted octanol–water partition coefficient (Wildman–Crippen LogP) is 17.0. The number of anilines is 3. The lowest BCUT2D eigenvalue weighted by Gasteiger charge is -2.28. The molecule has 10 aromatic carbocycles. The van der Waals surface area contributed by atoms with Gasteiger partial charge in [0.2, 0.25) is 0 Å². The van der Waals surface area contributed by atoms with E-state index in [0.29, 0.717) is 0 Å². The number of nitrogens with zero attached hydrogens (tertiary/aromatic N) is 1. The first-order valence-electron chi connectivity index (χ1n) is 21.0. The van der Waals surface area contributed by atoms with Crippen LogP contribution >= 0.6 is 0 Å². The van der Waals surface area contributed by atoms with Gasteiger partial charge in [0.05, 0.1) is 5.69 Å². The van der Waals surface area contributed by atoms with E-state index >= 15 is 0 Å². The van der Waals surface area contributed by atoms with E-state index in [0.717, 1.165) is 122 Å². The Kier molecular flexibility index (Phi) is 7.57. The Morgan fingerprint density at radius 3 is 1.60 bits per heavy atom. The summed E-state index contributed by atoms with van der Waals surface area (Å²) in [5, 5.41) is 8.99. The molecule has 0 saturated heterocycles. The predicted molar refractivity (Wildman–Crippen MR) is 257 cm³/mol. The van der Waals surface area contributed by atoms with Crippen LogP contribution in [0.1, 0.15) is 0 Å². The van der Waals surface area contributed by atoms with Crippen molar-refractivity contribution in [2.75, 3.05) is 4.90 Å². The van der Waals surface area contributed by atoms with Crippen molar-refractivity contribution in [3.8, 4) is 33.4 Å². The average molecular weight is 794 g/mol. The van der Waals surface area contributed by atoms with Gasteiger partial charge in [-0.3, -0.25) is 0 Å². The molecule has 0 aliphatic rings. The molecule has 0 amide bonds. The Morgan fingerprint density at radius 2 is 0.790 bits per heavy atom. The molecule has 13 aromatic rings. The summed E-state index contributed by atoms with van der Waals surface area (Å²) >= 11 is 0. The quantitative estimate of drug-likeness (QED) is 0.168. The van der Waals surface area contributed by atoms with Gasteiger partial charge in [0.1, 0.15) is 33.5 Å². The van der Waals surface area contributed by atoms with Gasteiger partial charge in [0.25, 0.3) is 0 Å². The summed E-state index contributed by atoms with van der Waals surface area (Å²) in [7, 11) is 0. The highest BCUT2D eigenvalue weighted by Gasteiger charge is 2.20. The third-order valence-electron chi connectivity index (χ3n) is 12.5. The van der Waals surface area contributed by atoms with Crippen molar-refractivity contribution < 1.29 is 13.3 Å². The SMILES string of the molecule is c1ccc(N(c2ccc(-c3ccc4oc5ccccc5c4c3)cc2)c2ccc(-c3cccc4c3oc3ccccc34)cc2)c(-c2ccc3oc4c5ccccc5ccc4c3c2)c1. The second kappa shape index (κ2) is 13.6. The minimum atomic E-state index is 0.877. The molecule has 0 atom stereocenters. The molecule has 0 unspecified atom stereocenters. The third-order valence-corrected chi connectivity index (χ3v) is 12.5. The number of hydrogen-bond acceptors (Lipinski definition) is 4. The first-order valence-corrected chi connectivity index (χ1v) is 21.0. The van der Waals surface area contributed by atoms with Crippen molar-refractivity contribution in [1.82, 2.24) is 0 Å². The lowest BCUT2D eigenvalue weighted by molar-refractivity contribution is 0.669. The molecule has 4 nitrogen and oxygen atoms in total. The molecule has 0 aliphatic heterocycles. The van der Waals surface area contributed by atoms with Crippen molar-refractivity contribution in [2.24, 2.45) is 0 Å². The van der Waals surface area contributed by atoms with E-state index in [1.54, 1.807) is 0 Å². The van der Waals surface area contributed by atoms with Crippen LogP contribution in [0.25, 0.3) is 110 Å². The maximum Gasteiger partial charge on any atom is 0.143 e. The molecule has 0 radical (unpaired) electrons. The highest BCUT2D eigenvalue weighted by atomic mass is 16.3. The molecule has 290 valence electrons. The van der Waals surface area contributed by atoms with Gasteiger partial charge >= 0.3 is 0 Å². The molecule has 0 bridgehead atoms. The molecule has 0 N–H and O–H groups in total. The zero-order chi connectivity index (χ0) is 40.7. The first-order chi connectivity index (χ1) is 30.7. The van der Waals surface area contributed by atoms with Crippen molar-refractivity contribution in [3.05, 3.63) is 212 Å². The monoisotopic (exact) mass is 793 g/mol. The van der Waals surface area contributed by atoms with Crippen LogP contribution in [0.5, 0.6) is 0 Å². The summed E-state index contributed by atoms with van der Waals surface area (Å²) in [6.45, 7) is 0. The van der Waals surface area contributed by atoms with Gasteiger partial charge in [-0.25, -0.2) is 0 Å². The van der Waals surface area contributed by atoms with Crippen LogP contribution in [0.15, 0.2) is 226 Å². The molecule has 0 aliphatic carbocycles. The summed E-state index contributed by atoms with van der Waals surface area (Å²) in [6, 6.07) is 75.2. The van der Waals surface area contributed by atoms with Crippen LogP contribution < -0.4 is 4.90 Å². The van der Waals surface area contributed by atoms with Gasteiger partial charge in [-0.05, 0) is 100 Å². The summed E-state index contributed by atoms with van der Waals surface area (Å²) in [6.07, 6.45) is 0. The van der Waals surface area contributed by atoms with Gasteiger partial charge in [0.15, 0.2) is 0 Å². The third kappa shape index (κ3) is 5.40. The van der Waals surface area contributed by atoms with Crippen LogP contribution in [-0.2, 0) is 0 Å². The van der Waals surface area contributed by atoms with Crippen LogP contribution in [0.4, 0.5) is 17.1 Å². The van der Waals surface area contributed by atoms with Crippen molar-refractivity contribution >= 4 is 93.7 Å². The van der Waals surface area contributed by atoms with Crippen LogP contribution in [0.2, 0.25) is 0 Å². The smallest absolute Gasteiger partial charge is 0.143 e. The molecular weight excluding hydrogens is 759 g/mol. The summed E-state index contributed by atoms with van der Waals surface area (Å²) in [5.74, 6) is 0. The van der Waals surface area contributed by atoms with E-state index in [1.807, 2.05) is 24.3 Å². The highest BCUT2D eigenvalue weighted by Crippen LogP contribution is 2.45. The number of benzene rings is 10. The molecule has 4 heteroatoms. The Bertz CT molecular complexity index is 3870. The van der Waals surface area contributed by atoms with E-state index in [-0.39, 0.29) is 0 Å². The molecule has 0 fully saturated rings. The molecule has 3 heterocycles. The van der Waals surface area contributed by atoms with Crippen LogP contribution in [0, 0.1) is 0 Å². The number of furan rings is 3. The molecule has 62 heavy (non-hydrogen) atoms. The second-order valence-electron chi connectivity index (χ2n) is 16.0. The maximum absolute atomic E-state index is 6.53. The lowest BCUT2D eigenvalue weighted by Crippen LogP contribution is -2.11. The van der Waals surface area contributed by atoms with E-state index in [4.69, 9.17) is 13.3 Å². The van der Waals surface area contributed by atoms with Gasteiger partial charge in [0, 0.05) is 60.2 Å². The largest absolute Gasteiger partial charge is 0.456 e. The maximum atomic E-state index is 6.53. The van der Waals surface area contributed by atoms with Gasteiger partial charge in [-0.1, -0.05) is 140 Å². The minimum Gasteiger partial charge on any atom is -0.456 e. The van der Waals surface area contributed by atoms with E-state index in [2.05, 4.69) is 193 Å². The fourth-order valence-electron chi connectivity index (χ4n) is 9.49. The normalized spacial score (nSPS) is 11.9. The van der Waals surface area contributed by atoms with Crippen molar-refractivity contribution in [1.29, 1.82) is 0 Å². The fourth-order valence-corrected chi connectivity index (χ4v) is 9.49. The van der Waals surface area contributed by atoms with Crippen LogP contribution in [-0.4, -0.2) is 0 Å². The Morgan fingerprint density at radius 1 is 0.274 bits per heavy atom. The minimum absolute atomic E-state index is 0.877. The van der Waals surface area contributed by atoms with E-state index in [9.17, 15) is 0 Å². The first kappa shape index (κ1) is 34.5. The highest BCUT2D eigenvalue weighted by molar-refractivity contribution is 6.16. The Balaban J connectivity index is 0.949. The molecule has 13 rings (SSSR count). The summed E-state index contributed by atoms with van der Waals surface area (Å²) < 4.78 is 19.1. The number of hydrogen-bond donors (Lipinski definition) is 0.